The van der Waals surface area contributed by atoms with E-state index in [2.05, 4.69) is 121 Å². The van der Waals surface area contributed by atoms with Crippen LogP contribution in [0.15, 0.2) is 240 Å². The molecule has 8 heteroatoms. The molecule has 9 aromatic carbocycles. The summed E-state index contributed by atoms with van der Waals surface area (Å²) in [5, 5.41) is 2.16. The van der Waals surface area contributed by atoms with E-state index in [-0.39, 0.29) is 11.8 Å². The van der Waals surface area contributed by atoms with E-state index in [1.54, 1.807) is 0 Å². The molecule has 4 heterocycles. The number of rotatable bonds is 8. The molecule has 3 aliphatic carbocycles. The maximum atomic E-state index is 5.88. The third-order valence-corrected chi connectivity index (χ3v) is 14.8. The third-order valence-electron chi connectivity index (χ3n) is 14.8. The molecule has 0 spiro atoms. The Bertz CT molecular complexity index is 4040. The zero-order valence-corrected chi connectivity index (χ0v) is 39.6. The number of hydrogen-bond donors (Lipinski definition) is 0. The summed E-state index contributed by atoms with van der Waals surface area (Å²) >= 11 is 0. The van der Waals surface area contributed by atoms with Gasteiger partial charge in [-0.3, -0.25) is 0 Å². The van der Waals surface area contributed by atoms with Crippen LogP contribution < -0.4 is 0 Å². The summed E-state index contributed by atoms with van der Waals surface area (Å²) in [6.45, 7) is 0. The van der Waals surface area contributed by atoms with Crippen molar-refractivity contribution in [1.82, 2.24) is 29.9 Å². The normalized spacial score (nSPS) is 14.2. The Labute approximate surface area is 425 Å². The van der Waals surface area contributed by atoms with Gasteiger partial charge in [-0.25, -0.2) is 29.9 Å². The standard InChI is InChI=1S/C66H40N6O2/c1-3-13-41(14-4-1)61-67-63(43-27-23-39(24-28-43)55-37-73-57-21-11-9-17-47(55)57)71-65(69-61)45-31-33-51-53(35-45)59-49-19-7-8-20-50(49)60(51)54-36-46(32-34-52(54)59)66-70-62(42-15-5-2-6-16-42)68-64(72-66)44-29-25-40(26-30-44)56-38-74-58-22-12-10-18-48(56)58/h1-38,59-60H. The Morgan fingerprint density at radius 3 is 0.946 bits per heavy atom. The summed E-state index contributed by atoms with van der Waals surface area (Å²) < 4.78 is 11.8. The highest BCUT2D eigenvalue weighted by Crippen LogP contribution is 2.56. The van der Waals surface area contributed by atoms with Crippen molar-refractivity contribution in [1.29, 1.82) is 0 Å². The molecular formula is C66H40N6O2. The van der Waals surface area contributed by atoms with Crippen LogP contribution >= 0.6 is 0 Å². The molecule has 74 heavy (non-hydrogen) atoms. The minimum atomic E-state index is -0.00342. The van der Waals surface area contributed by atoms with Gasteiger partial charge in [-0.15, -0.1) is 0 Å². The summed E-state index contributed by atoms with van der Waals surface area (Å²) in [5.74, 6) is 3.69. The highest BCUT2D eigenvalue weighted by Gasteiger charge is 2.41. The quantitative estimate of drug-likeness (QED) is 0.148. The number of nitrogens with zero attached hydrogens (tertiary/aromatic N) is 6. The minimum Gasteiger partial charge on any atom is -0.464 e. The zero-order chi connectivity index (χ0) is 48.7. The van der Waals surface area contributed by atoms with Crippen molar-refractivity contribution in [2.45, 2.75) is 11.8 Å². The van der Waals surface area contributed by atoms with Gasteiger partial charge in [0.15, 0.2) is 34.9 Å². The molecule has 3 aliphatic rings. The maximum Gasteiger partial charge on any atom is 0.164 e. The lowest BCUT2D eigenvalue weighted by Crippen LogP contribution is -2.27. The predicted octanol–water partition coefficient (Wildman–Crippen LogP) is 15.9. The number of benzene rings is 9. The van der Waals surface area contributed by atoms with Gasteiger partial charge < -0.3 is 8.83 Å². The Kier molecular flexibility index (Phi) is 9.53. The van der Waals surface area contributed by atoms with Gasteiger partial charge in [-0.2, -0.15) is 0 Å². The maximum absolute atomic E-state index is 5.88. The molecule has 0 aliphatic heterocycles. The Morgan fingerprint density at radius 1 is 0.243 bits per heavy atom. The van der Waals surface area contributed by atoms with Gasteiger partial charge in [-0.05, 0) is 68.8 Å². The van der Waals surface area contributed by atoms with Crippen molar-refractivity contribution in [3.8, 4) is 90.6 Å². The molecule has 0 saturated carbocycles. The van der Waals surface area contributed by atoms with E-state index in [0.29, 0.717) is 34.9 Å². The van der Waals surface area contributed by atoms with E-state index in [1.807, 2.05) is 110 Å². The van der Waals surface area contributed by atoms with Crippen LogP contribution in [0.3, 0.4) is 0 Å². The smallest absolute Gasteiger partial charge is 0.164 e. The molecule has 16 rings (SSSR count). The summed E-state index contributed by atoms with van der Waals surface area (Å²) in [4.78, 5) is 30.9. The molecule has 0 N–H and O–H groups in total. The van der Waals surface area contributed by atoms with Gasteiger partial charge in [0.05, 0.1) is 12.5 Å². The molecule has 0 fully saturated rings. The molecule has 2 bridgehead atoms. The average molecular weight is 949 g/mol. The van der Waals surface area contributed by atoms with E-state index in [0.717, 1.165) is 77.6 Å². The van der Waals surface area contributed by atoms with Crippen molar-refractivity contribution in [2.75, 3.05) is 0 Å². The van der Waals surface area contributed by atoms with Crippen molar-refractivity contribution < 1.29 is 8.83 Å². The van der Waals surface area contributed by atoms with Crippen LogP contribution in [-0.2, 0) is 0 Å². The summed E-state index contributed by atoms with van der Waals surface area (Å²) in [6.07, 6.45) is 3.65. The molecule has 2 atom stereocenters. The topological polar surface area (TPSA) is 104 Å². The van der Waals surface area contributed by atoms with Crippen LogP contribution in [0, 0.1) is 0 Å². The largest absolute Gasteiger partial charge is 0.464 e. The molecule has 0 amide bonds. The number of aromatic nitrogens is 6. The lowest BCUT2D eigenvalue weighted by Gasteiger charge is -2.42. The SMILES string of the molecule is c1ccc(-c2nc(-c3ccc(-c4coc5ccccc45)cc3)nc(-c3ccc4c(c3)C3c5ccccc5C4c4cc(-c5nc(-c6ccccc6)nc(-c6ccc(-c7coc8ccccc78)cc6)n5)ccc43)n2)cc1. The van der Waals surface area contributed by atoms with Gasteiger partial charge in [0, 0.05) is 67.1 Å². The molecule has 0 saturated heterocycles. The van der Waals surface area contributed by atoms with Crippen LogP contribution in [0.2, 0.25) is 0 Å². The Balaban J connectivity index is 0.812. The van der Waals surface area contributed by atoms with Crippen molar-refractivity contribution in [3.05, 3.63) is 264 Å². The third kappa shape index (κ3) is 6.91. The van der Waals surface area contributed by atoms with Crippen LogP contribution in [0.1, 0.15) is 45.2 Å². The van der Waals surface area contributed by atoms with E-state index in [1.165, 1.54) is 33.4 Å². The van der Waals surface area contributed by atoms with Gasteiger partial charge in [0.2, 0.25) is 0 Å². The summed E-state index contributed by atoms with van der Waals surface area (Å²) in [6, 6.07) is 75.7. The van der Waals surface area contributed by atoms with Crippen molar-refractivity contribution in [2.24, 2.45) is 0 Å². The number of furan rings is 2. The van der Waals surface area contributed by atoms with E-state index < -0.39 is 0 Å². The van der Waals surface area contributed by atoms with E-state index in [9.17, 15) is 0 Å². The van der Waals surface area contributed by atoms with Gasteiger partial charge >= 0.3 is 0 Å². The Morgan fingerprint density at radius 2 is 0.541 bits per heavy atom. The molecule has 2 unspecified atom stereocenters. The highest BCUT2D eigenvalue weighted by molar-refractivity contribution is 5.95. The first kappa shape index (κ1) is 41.8. The molecule has 8 nitrogen and oxygen atoms in total. The second kappa shape index (κ2) is 16.9. The number of para-hydroxylation sites is 2. The fourth-order valence-corrected chi connectivity index (χ4v) is 11.2. The first-order valence-corrected chi connectivity index (χ1v) is 24.8. The lowest BCUT2D eigenvalue weighted by atomic mass is 9.61. The van der Waals surface area contributed by atoms with Gasteiger partial charge in [-0.1, -0.05) is 194 Å². The van der Waals surface area contributed by atoms with E-state index in [4.69, 9.17) is 38.7 Å². The van der Waals surface area contributed by atoms with Gasteiger partial charge in [0.1, 0.15) is 11.2 Å². The molecule has 346 valence electrons. The van der Waals surface area contributed by atoms with E-state index >= 15 is 0 Å². The average Bonchev–Trinajstić information content (AvgIpc) is 4.17. The van der Waals surface area contributed by atoms with Gasteiger partial charge in [0.25, 0.3) is 0 Å². The molecule has 0 radical (unpaired) electrons. The highest BCUT2D eigenvalue weighted by atomic mass is 16.3. The summed E-state index contributed by atoms with van der Waals surface area (Å²) in [7, 11) is 0. The summed E-state index contributed by atoms with van der Waals surface area (Å²) in [5.41, 5.74) is 19.1. The number of fused-ring (bicyclic) bond motifs is 2. The molecule has 4 aromatic heterocycles. The second-order valence-corrected chi connectivity index (χ2v) is 19.0. The monoisotopic (exact) mass is 948 g/mol. The molecule has 13 aromatic rings. The lowest BCUT2D eigenvalue weighted by molar-refractivity contribution is 0.616. The first-order chi connectivity index (χ1) is 36.6. The first-order valence-electron chi connectivity index (χ1n) is 24.8. The van der Waals surface area contributed by atoms with Crippen molar-refractivity contribution >= 4 is 21.9 Å². The fraction of sp³-hybridized carbons (Fsp3) is 0.0303. The minimum absolute atomic E-state index is 0.00342. The van der Waals surface area contributed by atoms with Crippen LogP contribution in [0.5, 0.6) is 0 Å². The molecular weight excluding hydrogens is 909 g/mol. The number of hydrogen-bond acceptors (Lipinski definition) is 8. The second-order valence-electron chi connectivity index (χ2n) is 19.0. The Hall–Kier alpha value is -9.92. The van der Waals surface area contributed by atoms with Crippen LogP contribution in [0.25, 0.3) is 113 Å². The van der Waals surface area contributed by atoms with Crippen LogP contribution in [0.4, 0.5) is 0 Å². The van der Waals surface area contributed by atoms with Crippen molar-refractivity contribution in [3.63, 3.8) is 0 Å². The predicted molar refractivity (Wildman–Crippen MR) is 291 cm³/mol. The zero-order valence-electron chi connectivity index (χ0n) is 39.6. The fourth-order valence-electron chi connectivity index (χ4n) is 11.2. The van der Waals surface area contributed by atoms with Crippen LogP contribution in [-0.4, -0.2) is 29.9 Å².